The van der Waals surface area contributed by atoms with Crippen molar-refractivity contribution in [3.8, 4) is 11.5 Å². The lowest BCUT2D eigenvalue weighted by molar-refractivity contribution is -0.127. The maximum atomic E-state index is 12.2. The van der Waals surface area contributed by atoms with Crippen LogP contribution in [-0.2, 0) is 4.79 Å². The fourth-order valence-electron chi connectivity index (χ4n) is 2.66. The van der Waals surface area contributed by atoms with Crippen molar-refractivity contribution in [2.24, 2.45) is 5.10 Å². The molecule has 0 bridgehead atoms. The first-order valence-electron chi connectivity index (χ1n) is 8.42. The van der Waals surface area contributed by atoms with Crippen molar-refractivity contribution < 1.29 is 14.6 Å². The van der Waals surface area contributed by atoms with Crippen LogP contribution in [0.3, 0.4) is 0 Å². The van der Waals surface area contributed by atoms with Gasteiger partial charge in [0.25, 0.3) is 5.91 Å². The number of hydrogen-bond donors (Lipinski definition) is 2. The van der Waals surface area contributed by atoms with Crippen molar-refractivity contribution >= 4 is 34.5 Å². The second-order valence-corrected chi connectivity index (χ2v) is 6.56. The van der Waals surface area contributed by atoms with Crippen LogP contribution >= 0.6 is 11.6 Å². The van der Waals surface area contributed by atoms with Crippen LogP contribution in [0.25, 0.3) is 10.8 Å². The quantitative estimate of drug-likeness (QED) is 0.506. The average molecular weight is 383 g/mol. The zero-order valence-electron chi connectivity index (χ0n) is 14.9. The highest BCUT2D eigenvalue weighted by Crippen LogP contribution is 2.25. The fourth-order valence-corrected chi connectivity index (χ4v) is 2.89. The van der Waals surface area contributed by atoms with Gasteiger partial charge in [-0.05, 0) is 54.4 Å². The maximum absolute atomic E-state index is 12.2. The number of hydrazone groups is 1. The summed E-state index contributed by atoms with van der Waals surface area (Å²) in [5, 5.41) is 16.5. The molecule has 0 radical (unpaired) electrons. The Morgan fingerprint density at radius 3 is 2.78 bits per heavy atom. The largest absolute Gasteiger partial charge is 0.507 e. The van der Waals surface area contributed by atoms with Gasteiger partial charge in [0, 0.05) is 10.6 Å². The highest BCUT2D eigenvalue weighted by molar-refractivity contribution is 6.30. The first-order chi connectivity index (χ1) is 13.0. The van der Waals surface area contributed by atoms with Crippen molar-refractivity contribution in [3.05, 3.63) is 70.7 Å². The molecule has 3 rings (SSSR count). The van der Waals surface area contributed by atoms with E-state index in [2.05, 4.69) is 10.5 Å². The van der Waals surface area contributed by atoms with Crippen molar-refractivity contribution in [2.75, 3.05) is 0 Å². The van der Waals surface area contributed by atoms with Crippen molar-refractivity contribution in [2.45, 2.75) is 20.0 Å². The summed E-state index contributed by atoms with van der Waals surface area (Å²) in [6.45, 7) is 3.49. The van der Waals surface area contributed by atoms with Crippen LogP contribution in [0.1, 0.15) is 18.1 Å². The molecular weight excluding hydrogens is 364 g/mol. The highest BCUT2D eigenvalue weighted by atomic mass is 35.5. The number of halogens is 1. The molecule has 0 aliphatic heterocycles. The Hall–Kier alpha value is -3.05. The minimum atomic E-state index is -0.747. The van der Waals surface area contributed by atoms with E-state index in [1.165, 1.54) is 6.21 Å². The molecule has 1 atom stereocenters. The molecule has 0 aliphatic rings. The van der Waals surface area contributed by atoms with Crippen LogP contribution in [0.15, 0.2) is 59.7 Å². The lowest BCUT2D eigenvalue weighted by Gasteiger charge is -2.15. The lowest BCUT2D eigenvalue weighted by atomic mass is 10.0. The normalized spacial score (nSPS) is 12.3. The van der Waals surface area contributed by atoms with Gasteiger partial charge in [0.2, 0.25) is 0 Å². The molecule has 0 fully saturated rings. The zero-order chi connectivity index (χ0) is 19.4. The van der Waals surface area contributed by atoms with E-state index in [0.29, 0.717) is 16.3 Å². The molecule has 3 aromatic carbocycles. The molecule has 0 saturated carbocycles. The van der Waals surface area contributed by atoms with E-state index in [0.717, 1.165) is 16.3 Å². The Morgan fingerprint density at radius 2 is 2.00 bits per heavy atom. The first kappa shape index (κ1) is 18.7. The Kier molecular flexibility index (Phi) is 5.62. The predicted octanol–water partition coefficient (Wildman–Crippen LogP) is 4.42. The monoisotopic (exact) mass is 382 g/mol. The minimum absolute atomic E-state index is 0.0905. The summed E-state index contributed by atoms with van der Waals surface area (Å²) in [7, 11) is 0. The molecule has 1 unspecified atom stereocenters. The predicted molar refractivity (Wildman–Crippen MR) is 108 cm³/mol. The van der Waals surface area contributed by atoms with Gasteiger partial charge in [0.1, 0.15) is 11.5 Å². The van der Waals surface area contributed by atoms with E-state index in [1.807, 2.05) is 37.3 Å². The smallest absolute Gasteiger partial charge is 0.280 e. The Morgan fingerprint density at radius 1 is 1.22 bits per heavy atom. The number of fused-ring (bicyclic) bond motifs is 1. The third-order valence-corrected chi connectivity index (χ3v) is 4.36. The van der Waals surface area contributed by atoms with Gasteiger partial charge in [-0.3, -0.25) is 4.79 Å². The summed E-state index contributed by atoms with van der Waals surface area (Å²) < 4.78 is 5.66. The van der Waals surface area contributed by atoms with Crippen LogP contribution in [0.4, 0.5) is 0 Å². The van der Waals surface area contributed by atoms with Crippen molar-refractivity contribution in [1.29, 1.82) is 0 Å². The van der Waals surface area contributed by atoms with Gasteiger partial charge in [0.15, 0.2) is 6.10 Å². The summed E-state index contributed by atoms with van der Waals surface area (Å²) in [4.78, 5) is 12.2. The number of carbonyl (C=O) groups excluding carboxylic acids is 1. The highest BCUT2D eigenvalue weighted by Gasteiger charge is 2.15. The van der Waals surface area contributed by atoms with Gasteiger partial charge >= 0.3 is 0 Å². The number of rotatable bonds is 5. The van der Waals surface area contributed by atoms with Crippen LogP contribution in [-0.4, -0.2) is 23.3 Å². The first-order valence-corrected chi connectivity index (χ1v) is 8.80. The summed E-state index contributed by atoms with van der Waals surface area (Å²) in [5.74, 6) is 0.269. The number of carbonyl (C=O) groups is 1. The maximum Gasteiger partial charge on any atom is 0.280 e. The summed E-state index contributed by atoms with van der Waals surface area (Å²) in [5.41, 5.74) is 3.82. The average Bonchev–Trinajstić information content (AvgIpc) is 2.65. The number of aryl methyl sites for hydroxylation is 1. The number of amides is 1. The van der Waals surface area contributed by atoms with Crippen molar-refractivity contribution in [1.82, 2.24) is 5.43 Å². The Bertz CT molecular complexity index is 1020. The molecule has 27 heavy (non-hydrogen) atoms. The summed E-state index contributed by atoms with van der Waals surface area (Å²) in [6.07, 6.45) is 0.679. The van der Waals surface area contributed by atoms with E-state index >= 15 is 0 Å². The standard InChI is InChI=1S/C21H19ClN2O3/c1-13-11-16(22)8-10-20(13)27-14(2)21(26)24-23-12-18-17-6-4-3-5-15(17)7-9-19(18)25/h3-12,14,25H,1-2H3,(H,24,26)/b23-12-. The number of benzene rings is 3. The van der Waals surface area contributed by atoms with Crippen LogP contribution in [0.2, 0.25) is 5.02 Å². The molecule has 138 valence electrons. The Labute approximate surface area is 162 Å². The molecule has 3 aromatic rings. The molecule has 0 aromatic heterocycles. The van der Waals surface area contributed by atoms with E-state index in [-0.39, 0.29) is 5.75 Å². The summed E-state index contributed by atoms with van der Waals surface area (Å²) >= 11 is 5.92. The molecule has 6 heteroatoms. The zero-order valence-corrected chi connectivity index (χ0v) is 15.7. The van der Waals surface area contributed by atoms with Crippen LogP contribution < -0.4 is 10.2 Å². The number of nitrogens with zero attached hydrogens (tertiary/aromatic N) is 1. The second-order valence-electron chi connectivity index (χ2n) is 6.12. The SMILES string of the molecule is Cc1cc(Cl)ccc1OC(C)C(=O)N/N=C\c1c(O)ccc2ccccc12. The third kappa shape index (κ3) is 4.38. The van der Waals surface area contributed by atoms with Crippen LogP contribution in [0.5, 0.6) is 11.5 Å². The minimum Gasteiger partial charge on any atom is -0.507 e. The lowest BCUT2D eigenvalue weighted by Crippen LogP contribution is -2.33. The second kappa shape index (κ2) is 8.10. The topological polar surface area (TPSA) is 70.9 Å². The van der Waals surface area contributed by atoms with Gasteiger partial charge in [0.05, 0.1) is 6.21 Å². The molecule has 0 aliphatic carbocycles. The van der Waals surface area contributed by atoms with Gasteiger partial charge < -0.3 is 9.84 Å². The molecular formula is C21H19ClN2O3. The van der Waals surface area contributed by atoms with Gasteiger partial charge in [-0.2, -0.15) is 5.10 Å². The van der Waals surface area contributed by atoms with E-state index < -0.39 is 12.0 Å². The fraction of sp³-hybridized carbons (Fsp3) is 0.143. The van der Waals surface area contributed by atoms with Crippen molar-refractivity contribution in [3.63, 3.8) is 0 Å². The molecule has 0 saturated heterocycles. The molecule has 1 amide bonds. The number of phenols is 1. The Balaban J connectivity index is 1.69. The number of nitrogens with one attached hydrogen (secondary N) is 1. The van der Waals surface area contributed by atoms with E-state index in [1.54, 1.807) is 31.2 Å². The number of ether oxygens (including phenoxy) is 1. The van der Waals surface area contributed by atoms with E-state index in [9.17, 15) is 9.90 Å². The number of aromatic hydroxyl groups is 1. The van der Waals surface area contributed by atoms with Gasteiger partial charge in [-0.1, -0.05) is 41.9 Å². The molecule has 2 N–H and O–H groups in total. The number of phenolic OH excluding ortho intramolecular Hbond substituents is 1. The third-order valence-electron chi connectivity index (χ3n) is 4.13. The summed E-state index contributed by atoms with van der Waals surface area (Å²) in [6, 6.07) is 16.2. The van der Waals surface area contributed by atoms with Crippen LogP contribution in [0, 0.1) is 6.92 Å². The molecule has 0 spiro atoms. The van der Waals surface area contributed by atoms with Gasteiger partial charge in [-0.15, -0.1) is 0 Å². The molecule has 0 heterocycles. The van der Waals surface area contributed by atoms with Gasteiger partial charge in [-0.25, -0.2) is 5.43 Å². The molecule has 5 nitrogen and oxygen atoms in total. The van der Waals surface area contributed by atoms with E-state index in [4.69, 9.17) is 16.3 Å². The number of hydrogen-bond acceptors (Lipinski definition) is 4.